The standard InChI is InChI=1S/C26H27S2/c1-4-23(27-24-18-15-21(2)16-19-24)20-17-22(3)28(25-11-7-5-8-12-25)26-13-9-6-10-14-26/h4-15,17-21H,1,16H2,2-3H3/q+1/b22-17+,23-20+. The Hall–Kier alpha value is -2.16. The molecule has 0 spiro atoms. The first-order valence-electron chi connectivity index (χ1n) is 9.59. The third-order valence-electron chi connectivity index (χ3n) is 4.48. The maximum atomic E-state index is 4.01. The molecule has 0 N–H and O–H groups in total. The van der Waals surface area contributed by atoms with E-state index in [1.165, 1.54) is 24.5 Å². The van der Waals surface area contributed by atoms with E-state index in [1.807, 2.05) is 6.08 Å². The smallest absolute Gasteiger partial charge is 0.0979 e. The minimum atomic E-state index is -0.0815. The number of hydrogen-bond acceptors (Lipinski definition) is 1. The molecule has 1 aliphatic rings. The third kappa shape index (κ3) is 5.67. The lowest BCUT2D eigenvalue weighted by Crippen LogP contribution is -2.04. The van der Waals surface area contributed by atoms with Gasteiger partial charge in [0.15, 0.2) is 9.79 Å². The topological polar surface area (TPSA) is 0 Å². The summed E-state index contributed by atoms with van der Waals surface area (Å²) in [6.45, 7) is 8.49. The quantitative estimate of drug-likeness (QED) is 0.334. The summed E-state index contributed by atoms with van der Waals surface area (Å²) in [5.41, 5.74) is 0. The molecule has 0 aromatic heterocycles. The van der Waals surface area contributed by atoms with E-state index >= 15 is 0 Å². The van der Waals surface area contributed by atoms with Gasteiger partial charge in [-0.15, -0.1) is 0 Å². The Morgan fingerprint density at radius 2 is 1.61 bits per heavy atom. The van der Waals surface area contributed by atoms with Gasteiger partial charge in [-0.1, -0.05) is 86.0 Å². The molecule has 2 aromatic carbocycles. The van der Waals surface area contributed by atoms with Crippen LogP contribution in [0.15, 0.2) is 128 Å². The zero-order chi connectivity index (χ0) is 19.8. The Labute approximate surface area is 176 Å². The van der Waals surface area contributed by atoms with E-state index in [9.17, 15) is 0 Å². The zero-order valence-electron chi connectivity index (χ0n) is 16.5. The van der Waals surface area contributed by atoms with E-state index in [4.69, 9.17) is 0 Å². The highest BCUT2D eigenvalue weighted by molar-refractivity contribution is 8.07. The van der Waals surface area contributed by atoms with E-state index in [2.05, 4.69) is 111 Å². The molecule has 3 rings (SSSR count). The van der Waals surface area contributed by atoms with Crippen molar-refractivity contribution in [2.45, 2.75) is 30.1 Å². The Morgan fingerprint density at radius 1 is 1.00 bits per heavy atom. The maximum absolute atomic E-state index is 4.01. The van der Waals surface area contributed by atoms with E-state index < -0.39 is 0 Å². The predicted molar refractivity (Wildman–Crippen MR) is 127 cm³/mol. The van der Waals surface area contributed by atoms with Crippen LogP contribution in [0.1, 0.15) is 20.3 Å². The van der Waals surface area contributed by atoms with Gasteiger partial charge < -0.3 is 0 Å². The van der Waals surface area contributed by atoms with Gasteiger partial charge in [0, 0.05) is 16.7 Å². The number of allylic oxidation sites excluding steroid dienone is 7. The van der Waals surface area contributed by atoms with Crippen molar-refractivity contribution in [3.63, 3.8) is 0 Å². The fraction of sp³-hybridized carbons (Fsp3) is 0.154. The average molecular weight is 404 g/mol. The number of thioether (sulfide) groups is 1. The predicted octanol–water partition coefficient (Wildman–Crippen LogP) is 7.91. The van der Waals surface area contributed by atoms with Crippen LogP contribution in [0.25, 0.3) is 0 Å². The molecule has 1 aliphatic carbocycles. The Bertz CT molecular complexity index is 862. The summed E-state index contributed by atoms with van der Waals surface area (Å²) in [6.07, 6.45) is 14.3. The van der Waals surface area contributed by atoms with Crippen molar-refractivity contribution in [3.8, 4) is 0 Å². The number of benzene rings is 2. The SMILES string of the molecule is C=C/C(=C\C=C(/C)[S+](c1ccccc1)c1ccccc1)SC1=CCC(C)C=C1. The van der Waals surface area contributed by atoms with Crippen LogP contribution >= 0.6 is 11.8 Å². The molecule has 142 valence electrons. The number of rotatable bonds is 7. The first-order chi connectivity index (χ1) is 13.7. The molecule has 0 aliphatic heterocycles. The molecule has 0 saturated heterocycles. The molecule has 2 heteroatoms. The summed E-state index contributed by atoms with van der Waals surface area (Å²) in [5.74, 6) is 0.640. The second kappa shape index (κ2) is 10.4. The van der Waals surface area contributed by atoms with E-state index in [0.717, 1.165) is 6.42 Å². The van der Waals surface area contributed by atoms with Gasteiger partial charge in [0.2, 0.25) is 0 Å². The Morgan fingerprint density at radius 3 is 2.11 bits per heavy atom. The van der Waals surface area contributed by atoms with Gasteiger partial charge in [-0.3, -0.25) is 0 Å². The van der Waals surface area contributed by atoms with Crippen molar-refractivity contribution in [3.05, 3.63) is 118 Å². The van der Waals surface area contributed by atoms with E-state index in [0.29, 0.717) is 5.92 Å². The summed E-state index contributed by atoms with van der Waals surface area (Å²) in [7, 11) is -0.0815. The molecule has 0 heterocycles. The third-order valence-corrected chi connectivity index (χ3v) is 7.82. The second-order valence-corrected chi connectivity index (χ2v) is 10.1. The minimum absolute atomic E-state index is 0.0815. The van der Waals surface area contributed by atoms with Crippen molar-refractivity contribution in [2.24, 2.45) is 5.92 Å². The molecule has 0 fully saturated rings. The van der Waals surface area contributed by atoms with Gasteiger partial charge in [0.1, 0.15) is 4.91 Å². The van der Waals surface area contributed by atoms with Crippen molar-refractivity contribution < 1.29 is 0 Å². The molecular weight excluding hydrogens is 376 g/mol. The lowest BCUT2D eigenvalue weighted by Gasteiger charge is -2.11. The highest BCUT2D eigenvalue weighted by atomic mass is 32.2. The minimum Gasteiger partial charge on any atom is -0.0979 e. The summed E-state index contributed by atoms with van der Waals surface area (Å²) < 4.78 is 0. The van der Waals surface area contributed by atoms with Gasteiger partial charge in [0.05, 0.1) is 10.9 Å². The van der Waals surface area contributed by atoms with Gasteiger partial charge in [0.25, 0.3) is 0 Å². The largest absolute Gasteiger partial charge is 0.166 e. The number of hydrogen-bond donors (Lipinski definition) is 0. The molecule has 2 aromatic rings. The lowest BCUT2D eigenvalue weighted by molar-refractivity contribution is 0.735. The van der Waals surface area contributed by atoms with Crippen molar-refractivity contribution in [2.75, 3.05) is 0 Å². The fourth-order valence-electron chi connectivity index (χ4n) is 2.95. The molecule has 28 heavy (non-hydrogen) atoms. The maximum Gasteiger partial charge on any atom is 0.166 e. The van der Waals surface area contributed by atoms with E-state index in [-0.39, 0.29) is 10.9 Å². The molecular formula is C26H27S2+. The van der Waals surface area contributed by atoms with Crippen molar-refractivity contribution in [1.29, 1.82) is 0 Å². The Balaban J connectivity index is 1.86. The van der Waals surface area contributed by atoms with Crippen LogP contribution in [0.5, 0.6) is 0 Å². The molecule has 0 bridgehead atoms. The van der Waals surface area contributed by atoms with Crippen molar-refractivity contribution in [1.82, 2.24) is 0 Å². The van der Waals surface area contributed by atoms with E-state index in [1.54, 1.807) is 11.8 Å². The molecule has 0 amide bonds. The first kappa shape index (κ1) is 20.6. The van der Waals surface area contributed by atoms with Crippen LogP contribution in [0, 0.1) is 5.92 Å². The highest BCUT2D eigenvalue weighted by Crippen LogP contribution is 2.33. The van der Waals surface area contributed by atoms with Crippen LogP contribution in [-0.4, -0.2) is 0 Å². The van der Waals surface area contributed by atoms with Crippen LogP contribution in [0.3, 0.4) is 0 Å². The molecule has 1 atom stereocenters. The highest BCUT2D eigenvalue weighted by Gasteiger charge is 2.27. The second-order valence-electron chi connectivity index (χ2n) is 6.76. The fourth-order valence-corrected chi connectivity index (χ4v) is 5.85. The van der Waals surface area contributed by atoms with Crippen molar-refractivity contribution >= 4 is 22.7 Å². The van der Waals surface area contributed by atoms with Gasteiger partial charge in [-0.2, -0.15) is 0 Å². The van der Waals surface area contributed by atoms with Gasteiger partial charge >= 0.3 is 0 Å². The molecule has 0 radical (unpaired) electrons. The van der Waals surface area contributed by atoms with Crippen LogP contribution < -0.4 is 0 Å². The van der Waals surface area contributed by atoms with Gasteiger partial charge in [-0.25, -0.2) is 0 Å². The van der Waals surface area contributed by atoms with Crippen LogP contribution in [0.4, 0.5) is 0 Å². The average Bonchev–Trinajstić information content (AvgIpc) is 2.74. The first-order valence-corrected chi connectivity index (χ1v) is 11.6. The summed E-state index contributed by atoms with van der Waals surface area (Å²) in [4.78, 5) is 6.51. The Kier molecular flexibility index (Phi) is 7.64. The summed E-state index contributed by atoms with van der Waals surface area (Å²) in [5, 5.41) is 0. The van der Waals surface area contributed by atoms with Gasteiger partial charge in [-0.05, 0) is 48.8 Å². The lowest BCUT2D eigenvalue weighted by atomic mass is 10.0. The van der Waals surface area contributed by atoms with Crippen LogP contribution in [-0.2, 0) is 10.9 Å². The molecule has 0 nitrogen and oxygen atoms in total. The molecule has 0 saturated carbocycles. The normalized spacial score (nSPS) is 17.5. The summed E-state index contributed by atoms with van der Waals surface area (Å²) >= 11 is 1.79. The zero-order valence-corrected chi connectivity index (χ0v) is 18.2. The summed E-state index contributed by atoms with van der Waals surface area (Å²) in [6, 6.07) is 21.5. The van der Waals surface area contributed by atoms with Crippen LogP contribution in [0.2, 0.25) is 0 Å². The monoisotopic (exact) mass is 403 g/mol. The molecule has 1 unspecified atom stereocenters.